The van der Waals surface area contributed by atoms with E-state index in [1.165, 1.54) is 42.7 Å². The van der Waals surface area contributed by atoms with Crippen molar-refractivity contribution in [2.75, 3.05) is 62.4 Å². The molecule has 26 nitrogen and oxygen atoms in total. The molecular formula is C63H90CoN9O17. The number of amides is 2. The Morgan fingerprint density at radius 2 is 1.19 bits per heavy atom. The Balaban J connectivity index is 0.00000541. The summed E-state index contributed by atoms with van der Waals surface area (Å²) in [6.07, 6.45) is -2.25. The van der Waals surface area contributed by atoms with Crippen LogP contribution < -0.4 is 21.1 Å². The molecule has 0 saturated carbocycles. The fraction of sp³-hybridized carbons (Fsp3) is 0.683. The van der Waals surface area contributed by atoms with Crippen LogP contribution in [0.5, 0.6) is 0 Å². The Morgan fingerprint density at radius 3 is 1.72 bits per heavy atom. The van der Waals surface area contributed by atoms with Crippen LogP contribution in [0.2, 0.25) is 0 Å². The number of nitrogens with zero attached hydrogens (tertiary/aromatic N) is 6. The van der Waals surface area contributed by atoms with E-state index < -0.39 is 116 Å². The van der Waals surface area contributed by atoms with Crippen LogP contribution in [0.15, 0.2) is 53.9 Å². The first kappa shape index (κ1) is 78.6. The van der Waals surface area contributed by atoms with Crippen LogP contribution in [0.3, 0.4) is 0 Å². The molecule has 498 valence electrons. The van der Waals surface area contributed by atoms with Crippen molar-refractivity contribution in [1.29, 1.82) is 10.5 Å². The van der Waals surface area contributed by atoms with Crippen molar-refractivity contribution in [2.24, 2.45) is 65.3 Å². The Hall–Kier alpha value is -7.49. The first-order chi connectivity index (χ1) is 41.7. The number of carbonyl (C=O) groups excluding carboxylic acids is 8. The van der Waals surface area contributed by atoms with Crippen molar-refractivity contribution in [3.8, 4) is 0 Å². The van der Waals surface area contributed by atoms with Crippen molar-refractivity contribution >= 4 is 70.8 Å². The number of allylic oxidation sites excluding steroid dienone is 6. The number of aliphatic hydroxyl groups is 1. The molecule has 90 heavy (non-hydrogen) atoms. The zero-order valence-corrected chi connectivity index (χ0v) is 56.0. The summed E-state index contributed by atoms with van der Waals surface area (Å²) in [6, 6.07) is -1.02. The van der Waals surface area contributed by atoms with Gasteiger partial charge in [0.2, 0.25) is 5.91 Å². The number of alkyl carbamates (subject to hydrolysis) is 1. The van der Waals surface area contributed by atoms with Gasteiger partial charge in [0.25, 0.3) is 0 Å². The van der Waals surface area contributed by atoms with Gasteiger partial charge in [0, 0.05) is 113 Å². The van der Waals surface area contributed by atoms with Crippen molar-refractivity contribution < 1.29 is 98.5 Å². The molecule has 5 rings (SSSR count). The molecule has 5 aliphatic heterocycles. The molecule has 0 aromatic carbocycles. The number of aliphatic hydroxyl groups excluding tert-OH is 1. The molecule has 5 heterocycles. The minimum atomic E-state index is -1.51. The second-order valence-electron chi connectivity index (χ2n) is 25.1. The van der Waals surface area contributed by atoms with Crippen LogP contribution in [0.4, 0.5) is 4.79 Å². The molecule has 1 unspecified atom stereocenters. The quantitative estimate of drug-likeness (QED) is 0.0297. The van der Waals surface area contributed by atoms with Gasteiger partial charge in [-0.1, -0.05) is 34.6 Å². The first-order valence-electron chi connectivity index (χ1n) is 29.4. The van der Waals surface area contributed by atoms with E-state index >= 15 is 0 Å². The first-order valence-corrected chi connectivity index (χ1v) is 29.4. The normalized spacial score (nSPS) is 28.7. The van der Waals surface area contributed by atoms with E-state index in [0.717, 1.165) is 0 Å². The molecule has 0 radical (unpaired) electrons. The smallest absolute Gasteiger partial charge is 0.862 e. The Labute approximate surface area is 538 Å². The van der Waals surface area contributed by atoms with Gasteiger partial charge >= 0.3 is 58.7 Å². The third-order valence-electron chi connectivity index (χ3n) is 18.4. The van der Waals surface area contributed by atoms with E-state index in [0.29, 0.717) is 34.0 Å². The molecule has 9 atom stereocenters. The summed E-state index contributed by atoms with van der Waals surface area (Å²) in [5.41, 5.74) is -4.29. The largest absolute Gasteiger partial charge is 3.00 e. The van der Waals surface area contributed by atoms with Gasteiger partial charge in [-0.25, -0.2) is 4.79 Å². The second kappa shape index (κ2) is 33.0. The minimum absolute atomic E-state index is 0. The molecule has 1 fully saturated rings. The van der Waals surface area contributed by atoms with E-state index in [-0.39, 0.29) is 131 Å². The monoisotopic (exact) mass is 1300 g/mol. The SMILES string of the molecule is COC(=O)CC[C@@H]1/C2=C(\C)C3=NC([C@H](CC(=O)OC)[C@@]3(C)CCC(=O)OC)[C@]3(C)N=C(/C(C)=C4\N/C(=C(/N=C([O-])CCNC(=O)OC(C)(C)C)C(=N2)C1(C)C)[C@@H](CCC(=O)NCCO)[C@]4(C)CC(=O)OC)[C@@H](CCC(=O)OC)[C@]3(C)CC(=O)OC.[C-]#N.[C-]#N.[Co+3]. The summed E-state index contributed by atoms with van der Waals surface area (Å²) < 4.78 is 37.4. The predicted molar refractivity (Wildman–Crippen MR) is 321 cm³/mol. The van der Waals surface area contributed by atoms with Crippen LogP contribution >= 0.6 is 0 Å². The number of carbonyl (C=O) groups is 8. The van der Waals surface area contributed by atoms with Crippen LogP contribution in [0.25, 0.3) is 0 Å². The third-order valence-corrected chi connectivity index (χ3v) is 18.4. The maximum atomic E-state index is 14.8. The predicted octanol–water partition coefficient (Wildman–Crippen LogP) is 5.67. The summed E-state index contributed by atoms with van der Waals surface area (Å²) in [6.45, 7) is 28.9. The van der Waals surface area contributed by atoms with E-state index in [1.54, 1.807) is 27.7 Å². The van der Waals surface area contributed by atoms with Crippen molar-refractivity contribution in [1.82, 2.24) is 16.0 Å². The van der Waals surface area contributed by atoms with E-state index in [1.807, 2.05) is 48.5 Å². The Kier molecular flexibility index (Phi) is 28.8. The van der Waals surface area contributed by atoms with Gasteiger partial charge in [-0.05, 0) is 90.7 Å². The van der Waals surface area contributed by atoms with E-state index in [2.05, 4.69) is 16.0 Å². The Bertz CT molecular complexity index is 2970. The van der Waals surface area contributed by atoms with Gasteiger partial charge in [-0.3, -0.25) is 53.5 Å². The van der Waals surface area contributed by atoms with Crippen LogP contribution in [-0.4, -0.2) is 155 Å². The number of aliphatic imine (C=N–C) groups is 4. The van der Waals surface area contributed by atoms with Gasteiger partial charge < -0.3 is 83.0 Å². The number of hydrogen-bond acceptors (Lipinski definition) is 24. The Morgan fingerprint density at radius 1 is 0.667 bits per heavy atom. The minimum Gasteiger partial charge on any atom is -0.862 e. The number of fused-ring (bicyclic) bond motifs is 6. The average Bonchev–Trinajstić information content (AvgIpc) is 1.53. The molecule has 1 saturated heterocycles. The molecule has 0 spiro atoms. The van der Waals surface area contributed by atoms with Gasteiger partial charge in [0.1, 0.15) is 11.3 Å². The maximum absolute atomic E-state index is 14.8. The van der Waals surface area contributed by atoms with Crippen molar-refractivity contribution in [2.45, 2.75) is 170 Å². The maximum Gasteiger partial charge on any atom is 3.00 e. The molecule has 0 aromatic heterocycles. The zero-order valence-electron chi connectivity index (χ0n) is 55.0. The van der Waals surface area contributed by atoms with Crippen molar-refractivity contribution in [3.05, 3.63) is 47.1 Å². The summed E-state index contributed by atoms with van der Waals surface area (Å²) in [7, 11) is 7.59. The summed E-state index contributed by atoms with van der Waals surface area (Å²) in [5, 5.41) is 46.0. The van der Waals surface area contributed by atoms with Crippen molar-refractivity contribution in [3.63, 3.8) is 0 Å². The molecule has 0 aliphatic carbocycles. The third kappa shape index (κ3) is 17.1. The molecule has 5 aliphatic rings. The van der Waals surface area contributed by atoms with Crippen LogP contribution in [-0.2, 0) is 83.5 Å². The second-order valence-corrected chi connectivity index (χ2v) is 25.1. The van der Waals surface area contributed by atoms with Gasteiger partial charge in [-0.2, -0.15) is 0 Å². The van der Waals surface area contributed by atoms with Gasteiger partial charge in [-0.15, -0.1) is 0 Å². The van der Waals surface area contributed by atoms with Crippen LogP contribution in [0, 0.1) is 69.0 Å². The van der Waals surface area contributed by atoms with E-state index in [4.69, 9.17) is 76.8 Å². The van der Waals surface area contributed by atoms with Gasteiger partial charge in [0.05, 0.1) is 85.8 Å². The average molecular weight is 1300 g/mol. The number of esters is 6. The van der Waals surface area contributed by atoms with Crippen LogP contribution in [0.1, 0.15) is 153 Å². The van der Waals surface area contributed by atoms with Gasteiger partial charge in [0.15, 0.2) is 0 Å². The molecule has 4 N–H and O–H groups in total. The van der Waals surface area contributed by atoms with E-state index in [9.17, 15) is 48.6 Å². The number of rotatable bonds is 24. The summed E-state index contributed by atoms with van der Waals surface area (Å²) in [5.74, 6) is -7.87. The zero-order chi connectivity index (χ0) is 67.8. The molecule has 2 amide bonds. The topological polar surface area (TPSA) is 378 Å². The fourth-order valence-corrected chi connectivity index (χ4v) is 13.5. The summed E-state index contributed by atoms with van der Waals surface area (Å²) in [4.78, 5) is 131. The summed E-state index contributed by atoms with van der Waals surface area (Å²) >= 11 is 0. The number of nitrogens with one attached hydrogen (secondary N) is 3. The molecule has 0 aromatic rings. The number of methoxy groups -OCH3 is 6. The molecule has 27 heteroatoms. The molecule has 8 bridgehead atoms. The number of ether oxygens (including phenoxy) is 7. The standard InChI is InChI=1S/C61H91N7O17.2CN.Co/c1-33-47-35(19-22-41(72)79-12)57(6,7)54(65-47)50(64-40(71)25-27-63-55(78)85-56(3,4)5)49-36(18-21-39(70)62-28-29-69)59(9,31-45(76)83-16)52(66-49)34(2)48-37(20-23-42(73)80-13)60(10,32-46(77)84-17)61(11,68-48)53-38(30-44(75)82-15)58(8,51(33)67-53)26-24-43(74)81-14;2*1-2;/h35-38,53,66,69H,18-32H2,1-17H3,(H,62,70)(H,63,78)(H,64,71);;;/q;2*-1;+3/p-1/b47-33-,50-49+,52-34-;;;/t35-,36-,37-,38+,53?,58-,59+,60+,61+;;;/m1.../s1. The number of hydrogen-bond donors (Lipinski definition) is 4. The molecular weight excluding hydrogens is 1210 g/mol. The fourth-order valence-electron chi connectivity index (χ4n) is 13.5.